The van der Waals surface area contributed by atoms with E-state index in [1.54, 1.807) is 4.90 Å². The molecule has 2 atom stereocenters. The molecule has 1 heterocycles. The third kappa shape index (κ3) is 3.63. The molecule has 1 aliphatic rings. The van der Waals surface area contributed by atoms with Gasteiger partial charge in [0.15, 0.2) is 0 Å². The highest BCUT2D eigenvalue weighted by molar-refractivity contribution is 5.39. The fourth-order valence-electron chi connectivity index (χ4n) is 2.68. The summed E-state index contributed by atoms with van der Waals surface area (Å²) in [5, 5.41) is 0. The maximum absolute atomic E-state index is 6.06. The predicted octanol–water partition coefficient (Wildman–Crippen LogP) is -1.25. The summed E-state index contributed by atoms with van der Waals surface area (Å²) in [7, 11) is 2.29. The number of para-hydroxylation sites is 1. The Bertz CT molecular complexity index is 361. The molecule has 0 bridgehead atoms. The average molecular weight is 270 g/mol. The Balaban J connectivity index is 0.00000162. The first-order valence-electron chi connectivity index (χ1n) is 6.70. The molecule has 1 aliphatic heterocycles. The van der Waals surface area contributed by atoms with Crippen LogP contribution in [0.4, 0.5) is 0 Å². The highest BCUT2D eigenvalue weighted by Crippen LogP contribution is 2.22. The van der Waals surface area contributed by atoms with Crippen molar-refractivity contribution in [3.8, 4) is 5.75 Å². The van der Waals surface area contributed by atoms with Crippen molar-refractivity contribution in [2.24, 2.45) is 0 Å². The summed E-state index contributed by atoms with van der Waals surface area (Å²) in [5.74, 6) is 1.09. The minimum atomic E-state index is 0. The van der Waals surface area contributed by atoms with Crippen LogP contribution in [0.3, 0.4) is 0 Å². The van der Waals surface area contributed by atoms with E-state index >= 15 is 0 Å². The lowest BCUT2D eigenvalue weighted by Gasteiger charge is -2.29. The molecule has 0 amide bonds. The van der Waals surface area contributed by atoms with Crippen LogP contribution in [0.2, 0.25) is 0 Å². The van der Waals surface area contributed by atoms with E-state index < -0.39 is 0 Å². The topological polar surface area (TPSA) is 13.7 Å². The first kappa shape index (κ1) is 15.3. The van der Waals surface area contributed by atoms with Crippen LogP contribution in [0.1, 0.15) is 30.4 Å². The molecule has 0 saturated carbocycles. The van der Waals surface area contributed by atoms with Crippen LogP contribution in [-0.2, 0) is 0 Å². The molecule has 2 nitrogen and oxygen atoms in total. The van der Waals surface area contributed by atoms with E-state index in [9.17, 15) is 0 Å². The Hall–Kier alpha value is -0.730. The molecule has 18 heavy (non-hydrogen) atoms. The minimum absolute atomic E-state index is 0. The van der Waals surface area contributed by atoms with Crippen molar-refractivity contribution in [1.82, 2.24) is 0 Å². The van der Waals surface area contributed by atoms with Gasteiger partial charge in [-0.1, -0.05) is 18.2 Å². The van der Waals surface area contributed by atoms with Gasteiger partial charge < -0.3 is 22.0 Å². The zero-order chi connectivity index (χ0) is 12.3. The summed E-state index contributed by atoms with van der Waals surface area (Å²) < 4.78 is 6.06. The summed E-state index contributed by atoms with van der Waals surface area (Å²) in [6.07, 6.45) is 4.03. The smallest absolute Gasteiger partial charge is 0.140 e. The number of quaternary nitrogens is 1. The number of ether oxygens (including phenoxy) is 1. The number of halogens is 1. The molecule has 1 N–H and O–H groups in total. The van der Waals surface area contributed by atoms with Gasteiger partial charge in [0.1, 0.15) is 18.4 Å². The van der Waals surface area contributed by atoms with Crippen LogP contribution in [0.15, 0.2) is 18.2 Å². The average Bonchev–Trinajstić information content (AvgIpc) is 2.30. The zero-order valence-electron chi connectivity index (χ0n) is 11.6. The second-order valence-corrected chi connectivity index (χ2v) is 5.32. The van der Waals surface area contributed by atoms with Crippen LogP contribution in [0.5, 0.6) is 5.75 Å². The third-order valence-electron chi connectivity index (χ3n) is 3.91. The van der Waals surface area contributed by atoms with Gasteiger partial charge in [0.05, 0.1) is 13.6 Å². The highest BCUT2D eigenvalue weighted by Gasteiger charge is 2.23. The molecule has 2 unspecified atom stereocenters. The quantitative estimate of drug-likeness (QED) is 0.724. The molecule has 2 rings (SSSR count). The van der Waals surface area contributed by atoms with Crippen molar-refractivity contribution in [2.75, 3.05) is 20.2 Å². The Morgan fingerprint density at radius 3 is 2.50 bits per heavy atom. The molecule has 1 aromatic carbocycles. The zero-order valence-corrected chi connectivity index (χ0v) is 12.4. The number of aryl methyl sites for hydroxylation is 2. The number of hydrogen-bond donors (Lipinski definition) is 1. The van der Waals surface area contributed by atoms with Gasteiger partial charge in [0.25, 0.3) is 0 Å². The molecule has 0 spiro atoms. The minimum Gasteiger partial charge on any atom is -1.00 e. The molecule has 1 saturated heterocycles. The molecule has 1 fully saturated rings. The van der Waals surface area contributed by atoms with Crippen molar-refractivity contribution in [1.29, 1.82) is 0 Å². The van der Waals surface area contributed by atoms with Gasteiger partial charge in [0, 0.05) is 6.42 Å². The van der Waals surface area contributed by atoms with E-state index in [2.05, 4.69) is 39.1 Å². The summed E-state index contributed by atoms with van der Waals surface area (Å²) in [4.78, 5) is 1.63. The van der Waals surface area contributed by atoms with E-state index in [4.69, 9.17) is 4.74 Å². The van der Waals surface area contributed by atoms with Gasteiger partial charge in [-0.3, -0.25) is 0 Å². The van der Waals surface area contributed by atoms with Gasteiger partial charge in [-0.25, -0.2) is 0 Å². The lowest BCUT2D eigenvalue weighted by molar-refractivity contribution is -0.911. The van der Waals surface area contributed by atoms with E-state index in [1.165, 1.54) is 36.9 Å². The first-order chi connectivity index (χ1) is 8.18. The molecular formula is C15H24ClNO. The highest BCUT2D eigenvalue weighted by atomic mass is 35.5. The number of piperidine rings is 1. The van der Waals surface area contributed by atoms with E-state index in [0.717, 1.165) is 12.4 Å². The third-order valence-corrected chi connectivity index (χ3v) is 3.91. The lowest BCUT2D eigenvalue weighted by Crippen LogP contribution is -3.14. The second-order valence-electron chi connectivity index (χ2n) is 5.32. The SMILES string of the molecule is Cc1cccc(C)c1OCC1CCCC[NH+]1C.[Cl-]. The van der Waals surface area contributed by atoms with Crippen molar-refractivity contribution >= 4 is 0 Å². The van der Waals surface area contributed by atoms with Crippen LogP contribution in [-0.4, -0.2) is 26.2 Å². The molecule has 0 radical (unpaired) electrons. The maximum Gasteiger partial charge on any atom is 0.140 e. The number of likely N-dealkylation sites (N-methyl/N-ethyl adjacent to an activating group) is 1. The maximum atomic E-state index is 6.06. The molecule has 0 aliphatic carbocycles. The summed E-state index contributed by atoms with van der Waals surface area (Å²) in [6.45, 7) is 6.40. The monoisotopic (exact) mass is 269 g/mol. The lowest BCUT2D eigenvalue weighted by atomic mass is 10.0. The van der Waals surface area contributed by atoms with Crippen LogP contribution < -0.4 is 22.0 Å². The molecule has 102 valence electrons. The fraction of sp³-hybridized carbons (Fsp3) is 0.600. The summed E-state index contributed by atoms with van der Waals surface area (Å²) in [6, 6.07) is 7.01. The number of likely N-dealkylation sites (tertiary alicyclic amines) is 1. The predicted molar refractivity (Wildman–Crippen MR) is 70.8 cm³/mol. The van der Waals surface area contributed by atoms with Crippen molar-refractivity contribution in [3.63, 3.8) is 0 Å². The molecular weight excluding hydrogens is 246 g/mol. The Morgan fingerprint density at radius 1 is 1.22 bits per heavy atom. The Kier molecular flexibility index (Phi) is 5.97. The van der Waals surface area contributed by atoms with Crippen LogP contribution in [0, 0.1) is 13.8 Å². The Morgan fingerprint density at radius 2 is 1.89 bits per heavy atom. The van der Waals surface area contributed by atoms with Crippen molar-refractivity contribution < 1.29 is 22.0 Å². The van der Waals surface area contributed by atoms with Crippen LogP contribution in [0.25, 0.3) is 0 Å². The standard InChI is InChI=1S/C15H23NO.ClH/c1-12-7-6-8-13(2)15(12)17-11-14-9-4-5-10-16(14)3;/h6-8,14H,4-5,9-11H2,1-3H3;1H. The number of nitrogens with one attached hydrogen (secondary N) is 1. The van der Waals surface area contributed by atoms with Crippen molar-refractivity contribution in [2.45, 2.75) is 39.2 Å². The number of rotatable bonds is 3. The normalized spacial score (nSPS) is 23.3. The van der Waals surface area contributed by atoms with E-state index in [1.807, 2.05) is 0 Å². The molecule has 1 aromatic rings. The molecule has 3 heteroatoms. The van der Waals surface area contributed by atoms with Crippen LogP contribution >= 0.6 is 0 Å². The number of benzene rings is 1. The first-order valence-corrected chi connectivity index (χ1v) is 6.70. The van der Waals surface area contributed by atoms with Gasteiger partial charge in [0.2, 0.25) is 0 Å². The van der Waals surface area contributed by atoms with Gasteiger partial charge >= 0.3 is 0 Å². The van der Waals surface area contributed by atoms with E-state index in [0.29, 0.717) is 6.04 Å². The molecule has 0 aromatic heterocycles. The number of hydrogen-bond acceptors (Lipinski definition) is 1. The largest absolute Gasteiger partial charge is 1.00 e. The Labute approximate surface area is 117 Å². The van der Waals surface area contributed by atoms with Gasteiger partial charge in [-0.2, -0.15) is 0 Å². The summed E-state index contributed by atoms with van der Waals surface area (Å²) in [5.41, 5.74) is 2.50. The fourth-order valence-corrected chi connectivity index (χ4v) is 2.68. The summed E-state index contributed by atoms with van der Waals surface area (Å²) >= 11 is 0. The second kappa shape index (κ2) is 7.01. The van der Waals surface area contributed by atoms with E-state index in [-0.39, 0.29) is 12.4 Å². The van der Waals surface area contributed by atoms with Gasteiger partial charge in [-0.15, -0.1) is 0 Å². The van der Waals surface area contributed by atoms with Crippen molar-refractivity contribution in [3.05, 3.63) is 29.3 Å². The van der Waals surface area contributed by atoms with Gasteiger partial charge in [-0.05, 0) is 37.8 Å².